The van der Waals surface area contributed by atoms with Gasteiger partial charge in [0.25, 0.3) is 0 Å². The standard InChI is InChI=1S/C11H12ClN.ClH/c12-10-4-5-11-8(6-10)2-1-3-9(11)7-13;/h3-6H,1-2,7,13H2;1H. The molecule has 0 radical (unpaired) electrons. The summed E-state index contributed by atoms with van der Waals surface area (Å²) in [6, 6.07) is 6.03. The fourth-order valence-electron chi connectivity index (χ4n) is 1.79. The van der Waals surface area contributed by atoms with Crippen molar-refractivity contribution >= 4 is 29.6 Å². The van der Waals surface area contributed by atoms with Crippen molar-refractivity contribution < 1.29 is 0 Å². The molecule has 0 bridgehead atoms. The molecule has 0 fully saturated rings. The average molecular weight is 230 g/mol. The van der Waals surface area contributed by atoms with Gasteiger partial charge in [0.05, 0.1) is 0 Å². The molecule has 1 aromatic carbocycles. The third-order valence-electron chi connectivity index (χ3n) is 2.44. The van der Waals surface area contributed by atoms with Crippen LogP contribution >= 0.6 is 24.0 Å². The summed E-state index contributed by atoms with van der Waals surface area (Å²) in [5.41, 5.74) is 9.51. The van der Waals surface area contributed by atoms with Gasteiger partial charge in [-0.1, -0.05) is 23.7 Å². The molecule has 0 saturated heterocycles. The number of halogens is 2. The normalized spacial score (nSPS) is 14.0. The largest absolute Gasteiger partial charge is 0.326 e. The Labute approximate surface area is 95.4 Å². The first-order chi connectivity index (χ1) is 6.31. The molecule has 0 atom stereocenters. The molecular weight excluding hydrogens is 217 g/mol. The van der Waals surface area contributed by atoms with Crippen LogP contribution in [0.5, 0.6) is 0 Å². The third-order valence-corrected chi connectivity index (χ3v) is 2.67. The predicted molar refractivity (Wildman–Crippen MR) is 64.1 cm³/mol. The van der Waals surface area contributed by atoms with Crippen molar-refractivity contribution in [2.45, 2.75) is 12.8 Å². The van der Waals surface area contributed by atoms with Crippen LogP contribution in [0.2, 0.25) is 5.02 Å². The minimum absolute atomic E-state index is 0. The van der Waals surface area contributed by atoms with Crippen LogP contribution in [0, 0.1) is 0 Å². The molecule has 1 aliphatic carbocycles. The van der Waals surface area contributed by atoms with E-state index in [2.05, 4.69) is 12.1 Å². The maximum absolute atomic E-state index is 5.92. The summed E-state index contributed by atoms with van der Waals surface area (Å²) in [6.07, 6.45) is 4.38. The summed E-state index contributed by atoms with van der Waals surface area (Å²) < 4.78 is 0. The van der Waals surface area contributed by atoms with E-state index < -0.39 is 0 Å². The van der Waals surface area contributed by atoms with Crippen molar-refractivity contribution in [1.29, 1.82) is 0 Å². The van der Waals surface area contributed by atoms with Gasteiger partial charge in [-0.2, -0.15) is 0 Å². The van der Waals surface area contributed by atoms with Crippen molar-refractivity contribution in [2.75, 3.05) is 6.54 Å². The van der Waals surface area contributed by atoms with Gasteiger partial charge in [-0.05, 0) is 41.7 Å². The zero-order valence-corrected chi connectivity index (χ0v) is 9.37. The summed E-state index contributed by atoms with van der Waals surface area (Å²) in [5.74, 6) is 0. The van der Waals surface area contributed by atoms with Crippen LogP contribution in [-0.4, -0.2) is 6.54 Å². The number of rotatable bonds is 1. The first-order valence-electron chi connectivity index (χ1n) is 4.49. The Morgan fingerprint density at radius 3 is 2.86 bits per heavy atom. The SMILES string of the molecule is Cl.NCC1=CCCc2cc(Cl)ccc21. The van der Waals surface area contributed by atoms with Crippen molar-refractivity contribution in [3.63, 3.8) is 0 Å². The Kier molecular flexibility index (Phi) is 3.99. The van der Waals surface area contributed by atoms with Gasteiger partial charge < -0.3 is 5.73 Å². The molecule has 3 heteroatoms. The van der Waals surface area contributed by atoms with E-state index in [1.807, 2.05) is 12.1 Å². The fraction of sp³-hybridized carbons (Fsp3) is 0.273. The second-order valence-electron chi connectivity index (χ2n) is 3.27. The van der Waals surface area contributed by atoms with Gasteiger partial charge in [-0.25, -0.2) is 0 Å². The summed E-state index contributed by atoms with van der Waals surface area (Å²) in [5, 5.41) is 0.817. The first kappa shape index (κ1) is 11.6. The maximum Gasteiger partial charge on any atom is 0.0409 e. The zero-order chi connectivity index (χ0) is 9.26. The topological polar surface area (TPSA) is 26.0 Å². The van der Waals surface area contributed by atoms with E-state index in [9.17, 15) is 0 Å². The molecule has 1 aromatic rings. The molecule has 1 nitrogen and oxygen atoms in total. The molecule has 14 heavy (non-hydrogen) atoms. The monoisotopic (exact) mass is 229 g/mol. The van der Waals surface area contributed by atoms with E-state index in [0.29, 0.717) is 6.54 Å². The van der Waals surface area contributed by atoms with E-state index >= 15 is 0 Å². The van der Waals surface area contributed by atoms with E-state index in [4.69, 9.17) is 17.3 Å². The lowest BCUT2D eigenvalue weighted by Gasteiger charge is -2.16. The lowest BCUT2D eigenvalue weighted by atomic mass is 9.91. The number of nitrogens with two attached hydrogens (primary N) is 1. The Hall–Kier alpha value is -0.500. The Bertz CT molecular complexity index is 358. The van der Waals surface area contributed by atoms with Gasteiger partial charge in [0.2, 0.25) is 0 Å². The van der Waals surface area contributed by atoms with Crippen molar-refractivity contribution in [2.24, 2.45) is 5.73 Å². The molecule has 0 unspecified atom stereocenters. The van der Waals surface area contributed by atoms with Crippen LogP contribution in [0.25, 0.3) is 5.57 Å². The predicted octanol–water partition coefficient (Wildman–Crippen LogP) is 3.05. The number of benzene rings is 1. The van der Waals surface area contributed by atoms with Crippen molar-refractivity contribution in [1.82, 2.24) is 0 Å². The number of hydrogen-bond donors (Lipinski definition) is 1. The molecule has 2 N–H and O–H groups in total. The molecule has 0 saturated carbocycles. The smallest absolute Gasteiger partial charge is 0.0409 e. The van der Waals surface area contributed by atoms with Crippen LogP contribution in [0.3, 0.4) is 0 Å². The highest BCUT2D eigenvalue weighted by Crippen LogP contribution is 2.27. The minimum Gasteiger partial charge on any atom is -0.326 e. The van der Waals surface area contributed by atoms with Crippen LogP contribution in [-0.2, 0) is 6.42 Å². The zero-order valence-electron chi connectivity index (χ0n) is 7.79. The molecule has 1 aliphatic rings. The van der Waals surface area contributed by atoms with Crippen LogP contribution in [0.4, 0.5) is 0 Å². The Morgan fingerprint density at radius 2 is 2.14 bits per heavy atom. The molecular formula is C11H13Cl2N. The van der Waals surface area contributed by atoms with E-state index in [1.54, 1.807) is 0 Å². The van der Waals surface area contributed by atoms with E-state index in [-0.39, 0.29) is 12.4 Å². The Balaban J connectivity index is 0.000000980. The van der Waals surface area contributed by atoms with Gasteiger partial charge in [-0.15, -0.1) is 12.4 Å². The average Bonchev–Trinajstić information content (AvgIpc) is 2.16. The van der Waals surface area contributed by atoms with Crippen molar-refractivity contribution in [3.05, 3.63) is 40.4 Å². The van der Waals surface area contributed by atoms with E-state index in [0.717, 1.165) is 17.9 Å². The summed E-state index contributed by atoms with van der Waals surface area (Å²) >= 11 is 5.92. The molecule has 0 amide bonds. The number of hydrogen-bond acceptors (Lipinski definition) is 1. The third kappa shape index (κ3) is 2.11. The summed E-state index contributed by atoms with van der Waals surface area (Å²) in [4.78, 5) is 0. The molecule has 0 aliphatic heterocycles. The van der Waals surface area contributed by atoms with Gasteiger partial charge in [0.1, 0.15) is 0 Å². The van der Waals surface area contributed by atoms with Crippen molar-refractivity contribution in [3.8, 4) is 0 Å². The van der Waals surface area contributed by atoms with Crippen LogP contribution in [0.15, 0.2) is 24.3 Å². The highest BCUT2D eigenvalue weighted by Gasteiger charge is 2.10. The quantitative estimate of drug-likeness (QED) is 0.788. The second-order valence-corrected chi connectivity index (χ2v) is 3.71. The maximum atomic E-state index is 5.92. The van der Waals surface area contributed by atoms with E-state index in [1.165, 1.54) is 16.7 Å². The minimum atomic E-state index is 0. The lowest BCUT2D eigenvalue weighted by molar-refractivity contribution is 0.967. The van der Waals surface area contributed by atoms with Crippen LogP contribution in [0.1, 0.15) is 17.5 Å². The van der Waals surface area contributed by atoms with Crippen LogP contribution < -0.4 is 5.73 Å². The van der Waals surface area contributed by atoms with Gasteiger partial charge in [-0.3, -0.25) is 0 Å². The molecule has 76 valence electrons. The number of aryl methyl sites for hydroxylation is 1. The van der Waals surface area contributed by atoms with Gasteiger partial charge in [0.15, 0.2) is 0 Å². The molecule has 2 rings (SSSR count). The lowest BCUT2D eigenvalue weighted by Crippen LogP contribution is -2.08. The molecule has 0 aromatic heterocycles. The molecule has 0 spiro atoms. The summed E-state index contributed by atoms with van der Waals surface area (Å²) in [6.45, 7) is 0.620. The second kappa shape index (κ2) is 4.83. The number of allylic oxidation sites excluding steroid dienone is 1. The number of fused-ring (bicyclic) bond motifs is 1. The highest BCUT2D eigenvalue weighted by atomic mass is 35.5. The Morgan fingerprint density at radius 1 is 1.36 bits per heavy atom. The first-order valence-corrected chi connectivity index (χ1v) is 4.87. The van der Waals surface area contributed by atoms with Gasteiger partial charge in [0, 0.05) is 11.6 Å². The molecule has 0 heterocycles. The fourth-order valence-corrected chi connectivity index (χ4v) is 1.98. The summed E-state index contributed by atoms with van der Waals surface area (Å²) in [7, 11) is 0. The van der Waals surface area contributed by atoms with Gasteiger partial charge >= 0.3 is 0 Å². The highest BCUT2D eigenvalue weighted by molar-refractivity contribution is 6.30.